The third-order valence-electron chi connectivity index (χ3n) is 5.97. The molecular formula is C23H27N3O. The molecule has 140 valence electrons. The van der Waals surface area contributed by atoms with Crippen LogP contribution in [0.4, 0.5) is 0 Å². The third kappa shape index (κ3) is 3.71. The van der Waals surface area contributed by atoms with E-state index in [-0.39, 0.29) is 5.41 Å². The predicted octanol–water partition coefficient (Wildman–Crippen LogP) is 3.83. The first-order chi connectivity index (χ1) is 13.3. The zero-order valence-corrected chi connectivity index (χ0v) is 15.9. The van der Waals surface area contributed by atoms with Crippen molar-refractivity contribution in [1.82, 2.24) is 10.6 Å². The van der Waals surface area contributed by atoms with Crippen molar-refractivity contribution in [3.05, 3.63) is 65.2 Å². The van der Waals surface area contributed by atoms with Crippen LogP contribution in [0, 0.1) is 11.3 Å². The number of nitriles is 1. The topological polar surface area (TPSA) is 57.1 Å². The van der Waals surface area contributed by atoms with Gasteiger partial charge in [0.2, 0.25) is 0 Å². The lowest BCUT2D eigenvalue weighted by atomic mass is 9.91. The average Bonchev–Trinajstić information content (AvgIpc) is 3.54. The molecular weight excluding hydrogens is 334 g/mol. The molecule has 4 rings (SSSR count). The number of methoxy groups -OCH3 is 1. The predicted molar refractivity (Wildman–Crippen MR) is 107 cm³/mol. The van der Waals surface area contributed by atoms with Gasteiger partial charge in [-0.3, -0.25) is 0 Å². The van der Waals surface area contributed by atoms with Gasteiger partial charge in [-0.2, -0.15) is 5.26 Å². The van der Waals surface area contributed by atoms with E-state index < -0.39 is 0 Å². The Bertz CT molecular complexity index is 823. The molecule has 2 N–H and O–H groups in total. The second-order valence-electron chi connectivity index (χ2n) is 7.69. The van der Waals surface area contributed by atoms with Gasteiger partial charge in [-0.25, -0.2) is 0 Å². The van der Waals surface area contributed by atoms with Crippen molar-refractivity contribution < 1.29 is 4.74 Å². The molecule has 2 fully saturated rings. The smallest absolute Gasteiger partial charge is 0.123 e. The molecule has 0 unspecified atom stereocenters. The minimum absolute atomic E-state index is 0.264. The zero-order chi connectivity index (χ0) is 18.7. The van der Waals surface area contributed by atoms with Gasteiger partial charge in [0.05, 0.1) is 18.6 Å². The molecule has 1 saturated heterocycles. The van der Waals surface area contributed by atoms with Gasteiger partial charge in [0, 0.05) is 24.2 Å². The summed E-state index contributed by atoms with van der Waals surface area (Å²) in [5.41, 5.74) is 3.33. The van der Waals surface area contributed by atoms with E-state index in [0.717, 1.165) is 49.2 Å². The van der Waals surface area contributed by atoms with Crippen LogP contribution in [0.15, 0.2) is 48.5 Å². The van der Waals surface area contributed by atoms with Crippen LogP contribution in [0.3, 0.4) is 0 Å². The van der Waals surface area contributed by atoms with E-state index in [0.29, 0.717) is 12.1 Å². The minimum Gasteiger partial charge on any atom is -0.496 e. The van der Waals surface area contributed by atoms with Gasteiger partial charge in [-0.05, 0) is 55.5 Å². The van der Waals surface area contributed by atoms with Crippen molar-refractivity contribution in [2.24, 2.45) is 0 Å². The first-order valence-electron chi connectivity index (χ1n) is 9.86. The van der Waals surface area contributed by atoms with E-state index in [2.05, 4.69) is 53.1 Å². The van der Waals surface area contributed by atoms with Crippen molar-refractivity contribution in [3.63, 3.8) is 0 Å². The molecule has 2 aliphatic rings. The maximum atomic E-state index is 9.52. The molecule has 27 heavy (non-hydrogen) atoms. The van der Waals surface area contributed by atoms with E-state index in [1.165, 1.54) is 12.0 Å². The third-order valence-corrected chi connectivity index (χ3v) is 5.97. The van der Waals surface area contributed by atoms with Crippen LogP contribution in [0.1, 0.15) is 48.4 Å². The lowest BCUT2D eigenvalue weighted by molar-refractivity contribution is 0.303. The second-order valence-corrected chi connectivity index (χ2v) is 7.69. The van der Waals surface area contributed by atoms with E-state index >= 15 is 0 Å². The van der Waals surface area contributed by atoms with Gasteiger partial charge in [-0.1, -0.05) is 36.4 Å². The molecule has 4 heteroatoms. The Kier molecular flexibility index (Phi) is 5.15. The van der Waals surface area contributed by atoms with Crippen LogP contribution < -0.4 is 15.4 Å². The molecule has 0 bridgehead atoms. The first kappa shape index (κ1) is 18.0. The lowest BCUT2D eigenvalue weighted by Gasteiger charge is -2.34. The number of benzene rings is 2. The van der Waals surface area contributed by atoms with Crippen LogP contribution in [0.25, 0.3) is 0 Å². The number of piperidine rings is 1. The maximum Gasteiger partial charge on any atom is 0.123 e. The number of hydrogen-bond acceptors (Lipinski definition) is 4. The summed E-state index contributed by atoms with van der Waals surface area (Å²) < 4.78 is 5.58. The Balaban J connectivity index is 1.52. The van der Waals surface area contributed by atoms with Gasteiger partial charge >= 0.3 is 0 Å². The molecule has 2 atom stereocenters. The molecule has 0 spiro atoms. The number of ether oxygens (including phenoxy) is 1. The van der Waals surface area contributed by atoms with Crippen molar-refractivity contribution >= 4 is 0 Å². The van der Waals surface area contributed by atoms with E-state index in [4.69, 9.17) is 4.74 Å². The summed E-state index contributed by atoms with van der Waals surface area (Å²) >= 11 is 0. The zero-order valence-electron chi connectivity index (χ0n) is 15.9. The quantitative estimate of drug-likeness (QED) is 0.821. The standard InChI is InChI=1S/C23H27N3O/c1-27-21-10-9-19(23(16-24)11-12-23)14-18(21)15-26-20-8-5-13-25-22(20)17-6-3-2-4-7-17/h2-4,6-7,9-10,14,20,22,25-26H,5,8,11-13,15H2,1H3/t20-,22-/m0/s1. The normalized spacial score (nSPS) is 23.4. The Morgan fingerprint density at radius 1 is 1.22 bits per heavy atom. The van der Waals surface area contributed by atoms with E-state index in [9.17, 15) is 5.26 Å². The Hall–Kier alpha value is -2.35. The highest BCUT2D eigenvalue weighted by Gasteiger charge is 2.45. The highest BCUT2D eigenvalue weighted by Crippen LogP contribution is 2.48. The molecule has 2 aromatic rings. The van der Waals surface area contributed by atoms with E-state index in [1.54, 1.807) is 7.11 Å². The van der Waals surface area contributed by atoms with Crippen LogP contribution >= 0.6 is 0 Å². The lowest BCUT2D eigenvalue weighted by Crippen LogP contribution is -2.45. The fraction of sp³-hybridized carbons (Fsp3) is 0.435. The molecule has 1 heterocycles. The molecule has 4 nitrogen and oxygen atoms in total. The largest absolute Gasteiger partial charge is 0.496 e. The van der Waals surface area contributed by atoms with Crippen molar-refractivity contribution in [2.75, 3.05) is 13.7 Å². The molecule has 1 aliphatic heterocycles. The van der Waals surface area contributed by atoms with Crippen LogP contribution in [-0.2, 0) is 12.0 Å². The van der Waals surface area contributed by atoms with Crippen LogP contribution in [-0.4, -0.2) is 19.7 Å². The maximum absolute atomic E-state index is 9.52. The second kappa shape index (κ2) is 7.72. The summed E-state index contributed by atoms with van der Waals surface area (Å²) in [6, 6.07) is 20.1. The monoisotopic (exact) mass is 361 g/mol. The molecule has 0 aromatic heterocycles. The highest BCUT2D eigenvalue weighted by molar-refractivity contribution is 5.46. The molecule has 0 amide bonds. The number of nitrogens with one attached hydrogen (secondary N) is 2. The Morgan fingerprint density at radius 2 is 2.04 bits per heavy atom. The summed E-state index contributed by atoms with van der Waals surface area (Å²) in [7, 11) is 1.71. The Labute approximate surface area is 161 Å². The summed E-state index contributed by atoms with van der Waals surface area (Å²) in [5, 5.41) is 16.9. The van der Waals surface area contributed by atoms with Gasteiger partial charge in [-0.15, -0.1) is 0 Å². The number of nitrogens with zero attached hydrogens (tertiary/aromatic N) is 1. The van der Waals surface area contributed by atoms with Gasteiger partial charge in [0.1, 0.15) is 5.75 Å². The van der Waals surface area contributed by atoms with Gasteiger partial charge < -0.3 is 15.4 Å². The SMILES string of the molecule is COc1ccc(C2(C#N)CC2)cc1CN[C@H]1CCCN[C@H]1c1ccccc1. The average molecular weight is 361 g/mol. The fourth-order valence-corrected chi connectivity index (χ4v) is 4.16. The Morgan fingerprint density at radius 3 is 2.74 bits per heavy atom. The molecule has 1 aliphatic carbocycles. The summed E-state index contributed by atoms with van der Waals surface area (Å²) in [5.74, 6) is 0.889. The van der Waals surface area contributed by atoms with Crippen LogP contribution in [0.2, 0.25) is 0 Å². The van der Waals surface area contributed by atoms with Crippen molar-refractivity contribution in [3.8, 4) is 11.8 Å². The van der Waals surface area contributed by atoms with Crippen molar-refractivity contribution in [1.29, 1.82) is 5.26 Å². The highest BCUT2D eigenvalue weighted by atomic mass is 16.5. The van der Waals surface area contributed by atoms with E-state index in [1.807, 2.05) is 12.1 Å². The molecule has 0 radical (unpaired) electrons. The molecule has 1 saturated carbocycles. The fourth-order valence-electron chi connectivity index (χ4n) is 4.16. The van der Waals surface area contributed by atoms with Gasteiger partial charge in [0.15, 0.2) is 0 Å². The number of rotatable bonds is 6. The van der Waals surface area contributed by atoms with Crippen LogP contribution in [0.5, 0.6) is 5.75 Å². The number of hydrogen-bond donors (Lipinski definition) is 2. The summed E-state index contributed by atoms with van der Waals surface area (Å²) in [6.45, 7) is 1.80. The summed E-state index contributed by atoms with van der Waals surface area (Å²) in [6.07, 6.45) is 4.25. The first-order valence-corrected chi connectivity index (χ1v) is 9.86. The molecule has 2 aromatic carbocycles. The van der Waals surface area contributed by atoms with Gasteiger partial charge in [0.25, 0.3) is 0 Å². The minimum atomic E-state index is -0.264. The summed E-state index contributed by atoms with van der Waals surface area (Å²) in [4.78, 5) is 0. The van der Waals surface area contributed by atoms with Crippen molar-refractivity contribution in [2.45, 2.75) is 49.7 Å².